The smallest absolute Gasteiger partial charge is 0.0881 e. The summed E-state index contributed by atoms with van der Waals surface area (Å²) >= 11 is 0. The van der Waals surface area contributed by atoms with Crippen LogP contribution < -0.4 is 5.73 Å². The Balaban J connectivity index is 2.33. The zero-order chi connectivity index (χ0) is 7.56. The molecule has 0 aromatic carbocycles. The molecule has 0 radical (unpaired) electrons. The molecule has 0 aromatic rings. The van der Waals surface area contributed by atoms with Crippen LogP contribution in [0.25, 0.3) is 0 Å². The molecule has 0 saturated heterocycles. The van der Waals surface area contributed by atoms with Gasteiger partial charge in [-0.1, -0.05) is 6.58 Å². The van der Waals surface area contributed by atoms with Crippen molar-refractivity contribution in [3.63, 3.8) is 0 Å². The van der Waals surface area contributed by atoms with E-state index in [4.69, 9.17) is 10.8 Å². The minimum absolute atomic E-state index is 0.319. The van der Waals surface area contributed by atoms with Gasteiger partial charge >= 0.3 is 0 Å². The fourth-order valence-corrected chi connectivity index (χ4v) is 1.45. The lowest BCUT2D eigenvalue weighted by Crippen LogP contribution is -2.26. The van der Waals surface area contributed by atoms with E-state index in [0.717, 1.165) is 25.7 Å². The Morgan fingerprint density at radius 2 is 1.80 bits per heavy atom. The number of aliphatic hydroxyl groups excluding tert-OH is 1. The van der Waals surface area contributed by atoms with Crippen molar-refractivity contribution in [1.82, 2.24) is 0 Å². The molecule has 0 unspecified atom stereocenters. The third kappa shape index (κ3) is 1.74. The molecule has 0 bridgehead atoms. The largest absolute Gasteiger partial charge is 0.513 e. The number of hydrogen-bond acceptors (Lipinski definition) is 2. The third-order valence-electron chi connectivity index (χ3n) is 2.24. The Morgan fingerprint density at radius 3 is 2.20 bits per heavy atom. The van der Waals surface area contributed by atoms with Gasteiger partial charge in [-0.3, -0.25) is 0 Å². The standard InChI is InChI=1S/C8H15NO/c1-6(10)7-2-4-8(9)5-3-7/h7-8,10H,1-5,9H2/t7-,8+. The molecule has 2 nitrogen and oxygen atoms in total. The van der Waals surface area contributed by atoms with Gasteiger partial charge in [0, 0.05) is 12.0 Å². The van der Waals surface area contributed by atoms with Crippen LogP contribution in [0.3, 0.4) is 0 Å². The number of rotatable bonds is 1. The molecule has 0 atom stereocenters. The maximum Gasteiger partial charge on any atom is 0.0881 e. The third-order valence-corrected chi connectivity index (χ3v) is 2.24. The predicted molar refractivity (Wildman–Crippen MR) is 41.7 cm³/mol. The molecule has 2 heteroatoms. The van der Waals surface area contributed by atoms with Crippen LogP contribution >= 0.6 is 0 Å². The lowest BCUT2D eigenvalue weighted by Gasteiger charge is -2.24. The van der Waals surface area contributed by atoms with E-state index in [1.807, 2.05) is 0 Å². The van der Waals surface area contributed by atoms with E-state index in [9.17, 15) is 0 Å². The maximum absolute atomic E-state index is 9.03. The van der Waals surface area contributed by atoms with Crippen molar-refractivity contribution >= 4 is 0 Å². The van der Waals surface area contributed by atoms with Crippen LogP contribution in [-0.4, -0.2) is 11.1 Å². The molecule has 1 aliphatic rings. The summed E-state index contributed by atoms with van der Waals surface area (Å²) in [5.41, 5.74) is 5.69. The van der Waals surface area contributed by atoms with Crippen LogP contribution in [-0.2, 0) is 0 Å². The van der Waals surface area contributed by atoms with Crippen LogP contribution in [0.5, 0.6) is 0 Å². The highest BCUT2D eigenvalue weighted by Crippen LogP contribution is 2.26. The maximum atomic E-state index is 9.03. The predicted octanol–water partition coefficient (Wildman–Crippen LogP) is 1.58. The summed E-state index contributed by atoms with van der Waals surface area (Å²) < 4.78 is 0. The number of nitrogens with two attached hydrogens (primary N) is 1. The van der Waals surface area contributed by atoms with Gasteiger partial charge in [0.2, 0.25) is 0 Å². The lowest BCUT2D eigenvalue weighted by molar-refractivity contribution is 0.265. The summed E-state index contributed by atoms with van der Waals surface area (Å²) in [6, 6.07) is 0.357. The van der Waals surface area contributed by atoms with Crippen LogP contribution in [0.4, 0.5) is 0 Å². The molecule has 0 aliphatic heterocycles. The summed E-state index contributed by atoms with van der Waals surface area (Å²) in [6.45, 7) is 3.52. The van der Waals surface area contributed by atoms with Crippen molar-refractivity contribution in [3.8, 4) is 0 Å². The van der Waals surface area contributed by atoms with E-state index < -0.39 is 0 Å². The molecule has 58 valence electrons. The first-order chi connectivity index (χ1) is 4.70. The second kappa shape index (κ2) is 3.06. The normalized spacial score (nSPS) is 33.7. The van der Waals surface area contributed by atoms with Gasteiger partial charge < -0.3 is 10.8 Å². The fraction of sp³-hybridized carbons (Fsp3) is 0.750. The molecule has 1 aliphatic carbocycles. The van der Waals surface area contributed by atoms with Gasteiger partial charge in [-0.2, -0.15) is 0 Å². The number of hydrogen-bond donors (Lipinski definition) is 2. The number of allylic oxidation sites excluding steroid dienone is 1. The summed E-state index contributed by atoms with van der Waals surface area (Å²) in [7, 11) is 0. The van der Waals surface area contributed by atoms with E-state index in [1.54, 1.807) is 0 Å². The Kier molecular flexibility index (Phi) is 2.33. The van der Waals surface area contributed by atoms with Crippen molar-refractivity contribution < 1.29 is 5.11 Å². The molecule has 1 rings (SSSR count). The fourth-order valence-electron chi connectivity index (χ4n) is 1.45. The highest BCUT2D eigenvalue weighted by atomic mass is 16.3. The average molecular weight is 141 g/mol. The van der Waals surface area contributed by atoms with Gasteiger partial charge in [-0.05, 0) is 25.7 Å². The van der Waals surface area contributed by atoms with Crippen molar-refractivity contribution in [2.24, 2.45) is 11.7 Å². The molecule has 1 saturated carbocycles. The lowest BCUT2D eigenvalue weighted by atomic mass is 9.86. The molecular formula is C8H15NO. The van der Waals surface area contributed by atoms with E-state index in [1.165, 1.54) is 0 Å². The monoisotopic (exact) mass is 141 g/mol. The molecule has 0 amide bonds. The van der Waals surface area contributed by atoms with E-state index in [0.29, 0.717) is 17.7 Å². The minimum atomic E-state index is 0.319. The van der Waals surface area contributed by atoms with E-state index in [-0.39, 0.29) is 0 Å². The summed E-state index contributed by atoms with van der Waals surface area (Å²) in [6.07, 6.45) is 4.08. The Hall–Kier alpha value is -0.500. The van der Waals surface area contributed by atoms with E-state index in [2.05, 4.69) is 6.58 Å². The van der Waals surface area contributed by atoms with Gasteiger partial charge in [0.05, 0.1) is 5.76 Å². The zero-order valence-electron chi connectivity index (χ0n) is 6.21. The van der Waals surface area contributed by atoms with Crippen LogP contribution in [0, 0.1) is 5.92 Å². The first-order valence-corrected chi connectivity index (χ1v) is 3.83. The van der Waals surface area contributed by atoms with Gasteiger partial charge in [0.15, 0.2) is 0 Å². The SMILES string of the molecule is C=C(O)[C@H]1CC[C@@H](N)CC1. The molecule has 0 spiro atoms. The van der Waals surface area contributed by atoms with Crippen molar-refractivity contribution in [2.75, 3.05) is 0 Å². The highest BCUT2D eigenvalue weighted by molar-refractivity contribution is 4.92. The van der Waals surface area contributed by atoms with Gasteiger partial charge in [0.25, 0.3) is 0 Å². The summed E-state index contributed by atoms with van der Waals surface area (Å²) in [4.78, 5) is 0. The molecule has 0 aromatic heterocycles. The Morgan fingerprint density at radius 1 is 1.30 bits per heavy atom. The first kappa shape index (κ1) is 7.61. The first-order valence-electron chi connectivity index (χ1n) is 3.83. The average Bonchev–Trinajstić information content (AvgIpc) is 1.88. The molecule has 1 fully saturated rings. The molecule has 0 heterocycles. The quantitative estimate of drug-likeness (QED) is 0.544. The minimum Gasteiger partial charge on any atom is -0.513 e. The van der Waals surface area contributed by atoms with Crippen molar-refractivity contribution in [1.29, 1.82) is 0 Å². The van der Waals surface area contributed by atoms with Crippen LogP contribution in [0.15, 0.2) is 12.3 Å². The molecule has 3 N–H and O–H groups in total. The van der Waals surface area contributed by atoms with Crippen molar-refractivity contribution in [2.45, 2.75) is 31.7 Å². The van der Waals surface area contributed by atoms with Gasteiger partial charge in [-0.25, -0.2) is 0 Å². The number of aliphatic hydroxyl groups is 1. The van der Waals surface area contributed by atoms with Gasteiger partial charge in [0.1, 0.15) is 0 Å². The second-order valence-electron chi connectivity index (χ2n) is 3.10. The Bertz CT molecular complexity index is 125. The van der Waals surface area contributed by atoms with Crippen LogP contribution in [0.2, 0.25) is 0 Å². The van der Waals surface area contributed by atoms with Crippen LogP contribution in [0.1, 0.15) is 25.7 Å². The molecular weight excluding hydrogens is 126 g/mol. The van der Waals surface area contributed by atoms with E-state index >= 15 is 0 Å². The second-order valence-corrected chi connectivity index (χ2v) is 3.10. The summed E-state index contributed by atoms with van der Waals surface area (Å²) in [5.74, 6) is 0.659. The Labute approximate surface area is 61.7 Å². The van der Waals surface area contributed by atoms with Crippen molar-refractivity contribution in [3.05, 3.63) is 12.3 Å². The summed E-state index contributed by atoms with van der Waals surface area (Å²) in [5, 5.41) is 9.03. The van der Waals surface area contributed by atoms with Gasteiger partial charge in [-0.15, -0.1) is 0 Å². The topological polar surface area (TPSA) is 46.2 Å². The molecule has 10 heavy (non-hydrogen) atoms. The zero-order valence-corrected chi connectivity index (χ0v) is 6.21. The highest BCUT2D eigenvalue weighted by Gasteiger charge is 2.19.